The lowest BCUT2D eigenvalue weighted by Gasteiger charge is -2.32. The number of nitrogens with one attached hydrogen (secondary N) is 1. The van der Waals surface area contributed by atoms with Gasteiger partial charge in [-0.05, 0) is 48.6 Å². The zero-order valence-corrected chi connectivity index (χ0v) is 14.8. The Morgan fingerprint density at radius 3 is 2.58 bits per heavy atom. The number of rotatable bonds is 6. The van der Waals surface area contributed by atoms with Gasteiger partial charge < -0.3 is 10.2 Å². The molecule has 136 valence electrons. The number of hydrogen-bond donors (Lipinski definition) is 1. The van der Waals surface area contributed by atoms with Crippen molar-refractivity contribution >= 4 is 11.8 Å². The average Bonchev–Trinajstić information content (AvgIpc) is 3.19. The lowest BCUT2D eigenvalue weighted by Crippen LogP contribution is -2.39. The lowest BCUT2D eigenvalue weighted by molar-refractivity contribution is -0.116. The highest BCUT2D eigenvalue weighted by Gasteiger charge is 2.23. The summed E-state index contributed by atoms with van der Waals surface area (Å²) in [6.45, 7) is 6.33. The molecule has 1 aromatic carbocycles. The third kappa shape index (κ3) is 4.59. The van der Waals surface area contributed by atoms with Gasteiger partial charge in [0, 0.05) is 44.1 Å². The fraction of sp³-hybridized carbons (Fsp3) is 0.350. The molecule has 6 nitrogen and oxygen atoms in total. The molecule has 2 heterocycles. The van der Waals surface area contributed by atoms with E-state index in [1.54, 1.807) is 6.20 Å². The van der Waals surface area contributed by atoms with Crippen LogP contribution in [0, 0.1) is 5.92 Å². The van der Waals surface area contributed by atoms with E-state index in [-0.39, 0.29) is 11.8 Å². The minimum Gasteiger partial charge on any atom is -0.348 e. The predicted octanol–water partition coefficient (Wildman–Crippen LogP) is 2.24. The maximum absolute atomic E-state index is 12.7. The van der Waals surface area contributed by atoms with Gasteiger partial charge in [-0.1, -0.05) is 18.7 Å². The summed E-state index contributed by atoms with van der Waals surface area (Å²) in [6, 6.07) is 9.34. The molecule has 1 aromatic heterocycles. The first-order valence-corrected chi connectivity index (χ1v) is 8.91. The average molecular weight is 352 g/mol. The molecular weight excluding hydrogens is 328 g/mol. The second-order valence-electron chi connectivity index (χ2n) is 6.58. The molecule has 2 aromatic rings. The van der Waals surface area contributed by atoms with Crippen LogP contribution in [-0.2, 0) is 17.9 Å². The van der Waals surface area contributed by atoms with Crippen LogP contribution in [0.5, 0.6) is 0 Å². The molecule has 1 saturated heterocycles. The number of likely N-dealkylation sites (tertiary alicyclic amines) is 1. The van der Waals surface area contributed by atoms with Crippen molar-refractivity contribution < 1.29 is 9.59 Å². The van der Waals surface area contributed by atoms with Crippen LogP contribution in [0.25, 0.3) is 0 Å². The minimum atomic E-state index is -0.205. The Morgan fingerprint density at radius 1 is 1.23 bits per heavy atom. The Bertz CT molecular complexity index is 745. The Kier molecular flexibility index (Phi) is 5.84. The zero-order chi connectivity index (χ0) is 18.4. The molecule has 26 heavy (non-hydrogen) atoms. The van der Waals surface area contributed by atoms with E-state index in [1.165, 1.54) is 6.08 Å². The smallest absolute Gasteiger partial charge is 0.253 e. The van der Waals surface area contributed by atoms with Crippen molar-refractivity contribution in [1.29, 1.82) is 0 Å². The van der Waals surface area contributed by atoms with Crippen LogP contribution < -0.4 is 5.32 Å². The van der Waals surface area contributed by atoms with Crippen LogP contribution in [0.15, 0.2) is 55.4 Å². The topological polar surface area (TPSA) is 67.2 Å². The van der Waals surface area contributed by atoms with Crippen molar-refractivity contribution in [1.82, 2.24) is 20.0 Å². The maximum atomic E-state index is 12.7. The van der Waals surface area contributed by atoms with Gasteiger partial charge in [0.15, 0.2) is 0 Å². The highest BCUT2D eigenvalue weighted by atomic mass is 16.2. The Hall–Kier alpha value is -2.89. The number of amides is 2. The van der Waals surface area contributed by atoms with Crippen LogP contribution in [0.1, 0.15) is 28.8 Å². The van der Waals surface area contributed by atoms with Gasteiger partial charge >= 0.3 is 0 Å². The minimum absolute atomic E-state index is 0.0733. The number of piperidine rings is 1. The number of hydrogen-bond acceptors (Lipinski definition) is 3. The van der Waals surface area contributed by atoms with Crippen molar-refractivity contribution in [3.05, 3.63) is 66.5 Å². The summed E-state index contributed by atoms with van der Waals surface area (Å²) in [6.07, 6.45) is 7.02. The van der Waals surface area contributed by atoms with Gasteiger partial charge in [0.1, 0.15) is 0 Å². The molecule has 0 bridgehead atoms. The van der Waals surface area contributed by atoms with Gasteiger partial charge in [0.25, 0.3) is 5.91 Å². The summed E-state index contributed by atoms with van der Waals surface area (Å²) in [5.41, 5.74) is 1.64. The number of carbonyl (C=O) groups is 2. The van der Waals surface area contributed by atoms with E-state index in [0.29, 0.717) is 18.0 Å². The molecule has 0 atom stereocenters. The molecule has 1 aliphatic rings. The summed E-state index contributed by atoms with van der Waals surface area (Å²) >= 11 is 0. The first-order chi connectivity index (χ1) is 12.7. The van der Waals surface area contributed by atoms with Crippen LogP contribution >= 0.6 is 0 Å². The predicted molar refractivity (Wildman–Crippen MR) is 99.3 cm³/mol. The second kappa shape index (κ2) is 8.47. The van der Waals surface area contributed by atoms with E-state index < -0.39 is 0 Å². The Balaban J connectivity index is 1.50. The molecule has 0 saturated carbocycles. The molecule has 1 N–H and O–H groups in total. The van der Waals surface area contributed by atoms with Crippen LogP contribution in [-0.4, -0.2) is 39.6 Å². The van der Waals surface area contributed by atoms with Gasteiger partial charge in [-0.25, -0.2) is 0 Å². The number of benzene rings is 1. The van der Waals surface area contributed by atoms with E-state index in [2.05, 4.69) is 17.0 Å². The number of aromatic nitrogens is 2. The summed E-state index contributed by atoms with van der Waals surface area (Å²) in [5, 5.41) is 6.98. The Labute approximate surface area is 153 Å². The molecule has 1 fully saturated rings. The monoisotopic (exact) mass is 352 g/mol. The van der Waals surface area contributed by atoms with Crippen LogP contribution in [0.4, 0.5) is 0 Å². The highest BCUT2D eigenvalue weighted by Crippen LogP contribution is 2.20. The van der Waals surface area contributed by atoms with E-state index in [0.717, 1.165) is 38.0 Å². The zero-order valence-electron chi connectivity index (χ0n) is 14.8. The van der Waals surface area contributed by atoms with Gasteiger partial charge in [-0.2, -0.15) is 5.10 Å². The van der Waals surface area contributed by atoms with Crippen molar-refractivity contribution in [3.8, 4) is 0 Å². The Morgan fingerprint density at radius 2 is 1.96 bits per heavy atom. The highest BCUT2D eigenvalue weighted by molar-refractivity contribution is 5.94. The van der Waals surface area contributed by atoms with Crippen LogP contribution in [0.2, 0.25) is 0 Å². The molecule has 3 rings (SSSR count). The molecule has 0 radical (unpaired) electrons. The quantitative estimate of drug-likeness (QED) is 0.811. The summed E-state index contributed by atoms with van der Waals surface area (Å²) in [4.78, 5) is 25.8. The van der Waals surface area contributed by atoms with Gasteiger partial charge in [-0.15, -0.1) is 0 Å². The maximum Gasteiger partial charge on any atom is 0.253 e. The molecule has 6 heteroatoms. The van der Waals surface area contributed by atoms with E-state index in [4.69, 9.17) is 0 Å². The van der Waals surface area contributed by atoms with Crippen molar-refractivity contribution in [2.24, 2.45) is 5.92 Å². The van der Waals surface area contributed by atoms with Gasteiger partial charge in [0.05, 0.1) is 0 Å². The van der Waals surface area contributed by atoms with Gasteiger partial charge in [-0.3, -0.25) is 14.3 Å². The molecule has 0 aliphatic carbocycles. The summed E-state index contributed by atoms with van der Waals surface area (Å²) < 4.78 is 1.96. The van der Waals surface area contributed by atoms with Crippen molar-refractivity contribution in [2.45, 2.75) is 25.9 Å². The fourth-order valence-corrected chi connectivity index (χ4v) is 3.20. The number of nitrogens with zero attached hydrogens (tertiary/aromatic N) is 3. The first-order valence-electron chi connectivity index (χ1n) is 8.91. The molecule has 2 amide bonds. The summed E-state index contributed by atoms with van der Waals surface area (Å²) in [7, 11) is 0. The van der Waals surface area contributed by atoms with Crippen molar-refractivity contribution in [3.63, 3.8) is 0 Å². The largest absolute Gasteiger partial charge is 0.348 e. The van der Waals surface area contributed by atoms with E-state index in [1.807, 2.05) is 46.1 Å². The van der Waals surface area contributed by atoms with Crippen LogP contribution in [0.3, 0.4) is 0 Å². The molecule has 0 spiro atoms. The van der Waals surface area contributed by atoms with E-state index >= 15 is 0 Å². The molecular formula is C20H24N4O2. The fourth-order valence-electron chi connectivity index (χ4n) is 3.20. The molecule has 1 aliphatic heterocycles. The lowest BCUT2D eigenvalue weighted by atomic mass is 9.96. The number of carbonyl (C=O) groups excluding carboxylic acids is 2. The van der Waals surface area contributed by atoms with E-state index in [9.17, 15) is 9.59 Å². The first kappa shape index (κ1) is 17.9. The molecule has 0 unspecified atom stereocenters. The second-order valence-corrected chi connectivity index (χ2v) is 6.58. The van der Waals surface area contributed by atoms with Gasteiger partial charge in [0.2, 0.25) is 5.91 Å². The normalized spacial score (nSPS) is 14.8. The summed E-state index contributed by atoms with van der Waals surface area (Å²) in [5.74, 6) is 0.433. The SMILES string of the molecule is C=CC(=O)NCc1ccc(C(=O)N2CCC(Cn3cccn3)CC2)cc1. The third-order valence-corrected chi connectivity index (χ3v) is 4.76. The standard InChI is InChI=1S/C20H24N4O2/c1-2-19(25)21-14-16-4-6-18(7-5-16)20(26)23-12-8-17(9-13-23)15-24-11-3-10-22-24/h2-7,10-11,17H,1,8-9,12-15H2,(H,21,25). The van der Waals surface area contributed by atoms with Crippen molar-refractivity contribution in [2.75, 3.05) is 13.1 Å². The third-order valence-electron chi connectivity index (χ3n) is 4.76.